The summed E-state index contributed by atoms with van der Waals surface area (Å²) in [6.45, 7) is 1.60. The van der Waals surface area contributed by atoms with Crippen LogP contribution in [0.5, 0.6) is 5.75 Å². The quantitative estimate of drug-likeness (QED) is 0.246. The van der Waals surface area contributed by atoms with Gasteiger partial charge in [-0.3, -0.25) is 14.5 Å². The maximum Gasteiger partial charge on any atom is 0.326 e. The number of phenolic OH excluding ortho intramolecular Hbond substituents is 1. The average Bonchev–Trinajstić information content (AvgIpc) is 2.67. The molecule has 10 nitrogen and oxygen atoms in total. The summed E-state index contributed by atoms with van der Waals surface area (Å²) in [6.07, 6.45) is -0.390. The predicted octanol–water partition coefficient (Wildman–Crippen LogP) is -1.09. The van der Waals surface area contributed by atoms with Gasteiger partial charge in [-0.15, -0.1) is 0 Å². The summed E-state index contributed by atoms with van der Waals surface area (Å²) in [5, 5.41) is 28.6. The lowest BCUT2D eigenvalue weighted by atomic mass is 10.0. The molecule has 10 heteroatoms. The Labute approximate surface area is 169 Å². The molecular weight excluding hydrogens is 380 g/mol. The van der Waals surface area contributed by atoms with Crippen LogP contribution in [0.1, 0.15) is 31.7 Å². The molecule has 4 unspecified atom stereocenters. The second-order valence-electron chi connectivity index (χ2n) is 6.93. The number of imide groups is 1. The Hall–Kier alpha value is -2.53. The van der Waals surface area contributed by atoms with Crippen molar-refractivity contribution in [1.82, 2.24) is 4.90 Å². The standard InChI is InChI=1S/C19H30N4O6/c1-11(24)16(22)18(27)23(15(19(28)29)4-2-3-9-20)17(26)14(21)10-12-5-7-13(25)8-6-12/h5-8,11,14-16,24-25H,2-4,9-10,20-22H2,1H3,(H,28,29). The summed E-state index contributed by atoms with van der Waals surface area (Å²) in [5.41, 5.74) is 17.7. The van der Waals surface area contributed by atoms with Crippen molar-refractivity contribution in [2.45, 2.75) is 56.8 Å². The highest BCUT2D eigenvalue weighted by Crippen LogP contribution is 2.16. The Kier molecular flexibility index (Phi) is 9.69. The van der Waals surface area contributed by atoms with Crippen molar-refractivity contribution in [2.24, 2.45) is 17.2 Å². The topological polar surface area (TPSA) is 193 Å². The molecule has 0 heterocycles. The van der Waals surface area contributed by atoms with E-state index >= 15 is 0 Å². The van der Waals surface area contributed by atoms with E-state index in [9.17, 15) is 29.7 Å². The van der Waals surface area contributed by atoms with Gasteiger partial charge in [-0.2, -0.15) is 0 Å². The monoisotopic (exact) mass is 410 g/mol. The number of aromatic hydroxyl groups is 1. The molecule has 1 aromatic carbocycles. The van der Waals surface area contributed by atoms with Gasteiger partial charge in [0.15, 0.2) is 0 Å². The summed E-state index contributed by atoms with van der Waals surface area (Å²) < 4.78 is 0. The van der Waals surface area contributed by atoms with E-state index in [4.69, 9.17) is 17.2 Å². The van der Waals surface area contributed by atoms with Crippen LogP contribution in [0.2, 0.25) is 0 Å². The van der Waals surface area contributed by atoms with Gasteiger partial charge in [-0.05, 0) is 56.8 Å². The van der Waals surface area contributed by atoms with E-state index in [1.54, 1.807) is 12.1 Å². The molecular formula is C19H30N4O6. The summed E-state index contributed by atoms with van der Waals surface area (Å²) in [4.78, 5) is 38.1. The lowest BCUT2D eigenvalue weighted by Gasteiger charge is -2.32. The molecule has 0 aliphatic heterocycles. The van der Waals surface area contributed by atoms with Gasteiger partial charge in [-0.25, -0.2) is 4.79 Å². The van der Waals surface area contributed by atoms with Crippen molar-refractivity contribution in [1.29, 1.82) is 0 Å². The van der Waals surface area contributed by atoms with Crippen LogP contribution in [-0.2, 0) is 20.8 Å². The molecule has 162 valence electrons. The minimum Gasteiger partial charge on any atom is -0.508 e. The van der Waals surface area contributed by atoms with Gasteiger partial charge in [0, 0.05) is 0 Å². The smallest absolute Gasteiger partial charge is 0.326 e. The summed E-state index contributed by atoms with van der Waals surface area (Å²) >= 11 is 0. The van der Waals surface area contributed by atoms with E-state index < -0.39 is 42.0 Å². The lowest BCUT2D eigenvalue weighted by Crippen LogP contribution is -2.60. The fraction of sp³-hybridized carbons (Fsp3) is 0.526. The van der Waals surface area contributed by atoms with E-state index in [1.165, 1.54) is 19.1 Å². The number of nitrogens with zero attached hydrogens (tertiary/aromatic N) is 1. The van der Waals surface area contributed by atoms with Gasteiger partial charge >= 0.3 is 5.97 Å². The summed E-state index contributed by atoms with van der Waals surface area (Å²) in [7, 11) is 0. The minimum absolute atomic E-state index is 0.0114. The van der Waals surface area contributed by atoms with E-state index in [0.29, 0.717) is 29.8 Å². The molecule has 0 aliphatic carbocycles. The van der Waals surface area contributed by atoms with Gasteiger partial charge in [0.1, 0.15) is 17.8 Å². The van der Waals surface area contributed by atoms with Crippen molar-refractivity contribution in [3.05, 3.63) is 29.8 Å². The zero-order chi connectivity index (χ0) is 22.1. The molecule has 9 N–H and O–H groups in total. The van der Waals surface area contributed by atoms with Crippen molar-refractivity contribution < 1.29 is 29.7 Å². The van der Waals surface area contributed by atoms with E-state index in [0.717, 1.165) is 0 Å². The molecule has 0 spiro atoms. The van der Waals surface area contributed by atoms with Crippen LogP contribution in [0.15, 0.2) is 24.3 Å². The Morgan fingerprint density at radius 2 is 1.66 bits per heavy atom. The Morgan fingerprint density at radius 1 is 1.07 bits per heavy atom. The van der Waals surface area contributed by atoms with E-state index in [2.05, 4.69) is 0 Å². The molecule has 0 aromatic heterocycles. The molecule has 0 bridgehead atoms. The molecule has 4 atom stereocenters. The third-order valence-corrected chi connectivity index (χ3v) is 4.52. The maximum absolute atomic E-state index is 13.0. The van der Waals surface area contributed by atoms with Crippen molar-refractivity contribution >= 4 is 17.8 Å². The zero-order valence-electron chi connectivity index (χ0n) is 16.4. The van der Waals surface area contributed by atoms with Gasteiger partial charge < -0.3 is 32.5 Å². The minimum atomic E-state index is -1.48. The van der Waals surface area contributed by atoms with Gasteiger partial charge in [0.2, 0.25) is 11.8 Å². The Balaban J connectivity index is 3.15. The fourth-order valence-corrected chi connectivity index (χ4v) is 2.78. The average molecular weight is 410 g/mol. The lowest BCUT2D eigenvalue weighted by molar-refractivity contribution is -0.160. The predicted molar refractivity (Wildman–Crippen MR) is 106 cm³/mol. The first kappa shape index (κ1) is 24.5. The number of aliphatic hydroxyl groups is 1. The number of carbonyl (C=O) groups excluding carboxylic acids is 2. The number of nitrogens with two attached hydrogens (primary N) is 3. The molecule has 0 radical (unpaired) electrons. The number of carboxylic acids is 1. The van der Waals surface area contributed by atoms with Crippen molar-refractivity contribution in [3.63, 3.8) is 0 Å². The first-order valence-electron chi connectivity index (χ1n) is 9.37. The van der Waals surface area contributed by atoms with Crippen LogP contribution in [0.25, 0.3) is 0 Å². The van der Waals surface area contributed by atoms with Crippen molar-refractivity contribution in [3.8, 4) is 5.75 Å². The van der Waals surface area contributed by atoms with Gasteiger partial charge in [0.25, 0.3) is 0 Å². The third-order valence-electron chi connectivity index (χ3n) is 4.52. The molecule has 29 heavy (non-hydrogen) atoms. The van der Waals surface area contributed by atoms with Crippen LogP contribution in [0.3, 0.4) is 0 Å². The number of hydrogen-bond acceptors (Lipinski definition) is 8. The van der Waals surface area contributed by atoms with Crippen LogP contribution in [-0.4, -0.2) is 68.8 Å². The molecule has 0 fully saturated rings. The number of hydrogen-bond donors (Lipinski definition) is 6. The highest BCUT2D eigenvalue weighted by Gasteiger charge is 2.39. The van der Waals surface area contributed by atoms with E-state index in [-0.39, 0.29) is 18.6 Å². The highest BCUT2D eigenvalue weighted by molar-refractivity contribution is 6.03. The first-order valence-corrected chi connectivity index (χ1v) is 9.37. The molecule has 1 rings (SSSR count). The highest BCUT2D eigenvalue weighted by atomic mass is 16.4. The van der Waals surface area contributed by atoms with Gasteiger partial charge in [-0.1, -0.05) is 12.1 Å². The van der Waals surface area contributed by atoms with Crippen LogP contribution >= 0.6 is 0 Å². The maximum atomic E-state index is 13.0. The number of carboxylic acid groups (broad SMARTS) is 1. The number of carbonyl (C=O) groups is 3. The number of aliphatic carboxylic acids is 1. The largest absolute Gasteiger partial charge is 0.508 e. The molecule has 0 saturated heterocycles. The molecule has 0 saturated carbocycles. The first-order chi connectivity index (χ1) is 13.6. The second kappa shape index (κ2) is 11.5. The van der Waals surface area contributed by atoms with Crippen LogP contribution in [0, 0.1) is 0 Å². The number of phenols is 1. The van der Waals surface area contributed by atoms with Crippen LogP contribution < -0.4 is 17.2 Å². The number of unbranched alkanes of at least 4 members (excludes halogenated alkanes) is 1. The number of rotatable bonds is 11. The van der Waals surface area contributed by atoms with Crippen molar-refractivity contribution in [2.75, 3.05) is 6.54 Å². The number of amides is 2. The Bertz CT molecular complexity index is 694. The molecule has 0 aliphatic rings. The SMILES string of the molecule is CC(O)C(N)C(=O)N(C(=O)C(N)Cc1ccc(O)cc1)C(CCCCN)C(=O)O. The molecule has 2 amide bonds. The summed E-state index contributed by atoms with van der Waals surface area (Å²) in [6, 6.07) is 1.80. The van der Waals surface area contributed by atoms with Crippen LogP contribution in [0.4, 0.5) is 0 Å². The summed E-state index contributed by atoms with van der Waals surface area (Å²) in [5.74, 6) is -3.25. The van der Waals surface area contributed by atoms with E-state index in [1.807, 2.05) is 0 Å². The second-order valence-corrected chi connectivity index (χ2v) is 6.93. The normalized spacial score (nSPS) is 15.2. The number of aliphatic hydroxyl groups excluding tert-OH is 1. The Morgan fingerprint density at radius 3 is 2.14 bits per heavy atom. The molecule has 1 aromatic rings. The van der Waals surface area contributed by atoms with Gasteiger partial charge in [0.05, 0.1) is 12.1 Å². The fourth-order valence-electron chi connectivity index (χ4n) is 2.78. The number of benzene rings is 1. The third kappa shape index (κ3) is 7.09. The zero-order valence-corrected chi connectivity index (χ0v) is 16.4.